The number of aromatic nitrogens is 1. The van der Waals surface area contributed by atoms with Crippen LogP contribution in [0.25, 0.3) is 27.5 Å². The lowest BCUT2D eigenvalue weighted by molar-refractivity contribution is -0.538. The van der Waals surface area contributed by atoms with Gasteiger partial charge in [-0.25, -0.2) is 0 Å². The van der Waals surface area contributed by atoms with E-state index in [1.807, 2.05) is 24.3 Å². The van der Waals surface area contributed by atoms with Crippen LogP contribution in [-0.4, -0.2) is 5.11 Å². The number of pyridine rings is 1. The monoisotopic (exact) mass is 272 g/mol. The van der Waals surface area contributed by atoms with E-state index >= 15 is 0 Å². The third kappa shape index (κ3) is 1.93. The first-order valence-electron chi connectivity index (χ1n) is 6.95. The highest BCUT2D eigenvalue weighted by Gasteiger charge is 2.17. The van der Waals surface area contributed by atoms with Gasteiger partial charge in [-0.3, -0.25) is 0 Å². The lowest BCUT2D eigenvalue weighted by Gasteiger charge is -2.05. The van der Waals surface area contributed by atoms with Crippen molar-refractivity contribution in [3.05, 3.63) is 78.9 Å². The molecule has 4 rings (SSSR count). The molecule has 2 nitrogen and oxygen atoms in total. The molecule has 0 aliphatic rings. The molecule has 0 aliphatic heterocycles. The molecule has 0 bridgehead atoms. The summed E-state index contributed by atoms with van der Waals surface area (Å²) in [6, 6.07) is 26.2. The fraction of sp³-hybridized carbons (Fsp3) is 0. The number of fused-ring (bicyclic) bond motifs is 2. The number of phenolic OH excluding ortho intramolecular Hbond substituents is 1. The van der Waals surface area contributed by atoms with E-state index in [9.17, 15) is 5.11 Å². The average molecular weight is 272 g/mol. The van der Waals surface area contributed by atoms with E-state index in [0.717, 1.165) is 16.7 Å². The molecule has 21 heavy (non-hydrogen) atoms. The van der Waals surface area contributed by atoms with Crippen molar-refractivity contribution < 1.29 is 9.67 Å². The molecule has 1 N–H and O–H groups in total. The summed E-state index contributed by atoms with van der Waals surface area (Å²) in [6.07, 6.45) is 0. The van der Waals surface area contributed by atoms with Gasteiger partial charge in [0.25, 0.3) is 0 Å². The van der Waals surface area contributed by atoms with Gasteiger partial charge in [0.1, 0.15) is 5.75 Å². The van der Waals surface area contributed by atoms with Crippen LogP contribution in [0, 0.1) is 0 Å². The predicted molar refractivity (Wildman–Crippen MR) is 84.7 cm³/mol. The maximum absolute atomic E-state index is 9.52. The van der Waals surface area contributed by atoms with Gasteiger partial charge in [-0.2, -0.15) is 4.57 Å². The van der Waals surface area contributed by atoms with Gasteiger partial charge in [-0.1, -0.05) is 24.3 Å². The molecule has 1 heterocycles. The maximum Gasteiger partial charge on any atom is 0.219 e. The minimum Gasteiger partial charge on any atom is -0.508 e. The molecule has 3 aromatic carbocycles. The molecule has 1 aromatic heterocycles. The van der Waals surface area contributed by atoms with Crippen LogP contribution in [0.3, 0.4) is 0 Å². The number of rotatable bonds is 1. The summed E-state index contributed by atoms with van der Waals surface area (Å²) >= 11 is 0. The summed E-state index contributed by atoms with van der Waals surface area (Å²) in [4.78, 5) is 0. The predicted octanol–water partition coefficient (Wildman–Crippen LogP) is 3.98. The van der Waals surface area contributed by atoms with Crippen LogP contribution in [0.4, 0.5) is 0 Å². The molecular formula is C19H14NO+. The number of aromatic hydroxyl groups is 1. The van der Waals surface area contributed by atoms with Gasteiger partial charge >= 0.3 is 0 Å². The Kier molecular flexibility index (Phi) is 2.61. The van der Waals surface area contributed by atoms with Crippen molar-refractivity contribution in [1.82, 2.24) is 0 Å². The molecule has 0 atom stereocenters. The number of nitrogens with zero attached hydrogens (tertiary/aromatic N) is 1. The SMILES string of the molecule is Oc1ccc(-[n+]2c3ccccc3cc3ccccc32)cc1. The second kappa shape index (κ2) is 4.60. The van der Waals surface area contributed by atoms with Crippen molar-refractivity contribution in [1.29, 1.82) is 0 Å². The Hall–Kier alpha value is -2.87. The highest BCUT2D eigenvalue weighted by atomic mass is 16.3. The van der Waals surface area contributed by atoms with Gasteiger partial charge in [0.15, 0.2) is 0 Å². The number of hydrogen-bond donors (Lipinski definition) is 1. The summed E-state index contributed by atoms with van der Waals surface area (Å²) in [7, 11) is 0. The minimum atomic E-state index is 0.281. The number of phenols is 1. The molecule has 100 valence electrons. The van der Waals surface area contributed by atoms with Crippen molar-refractivity contribution in [2.24, 2.45) is 0 Å². The van der Waals surface area contributed by atoms with E-state index in [4.69, 9.17) is 0 Å². The van der Waals surface area contributed by atoms with E-state index in [-0.39, 0.29) is 5.75 Å². The first kappa shape index (κ1) is 11.9. The van der Waals surface area contributed by atoms with Gasteiger partial charge in [0.2, 0.25) is 16.7 Å². The van der Waals surface area contributed by atoms with Crippen molar-refractivity contribution in [3.8, 4) is 11.4 Å². The third-order valence-electron chi connectivity index (χ3n) is 3.77. The Labute approximate surface area is 122 Å². The average Bonchev–Trinajstić information content (AvgIpc) is 2.53. The standard InChI is InChI=1S/C19H13NO/c21-17-11-9-16(10-12-17)20-18-7-3-1-5-14(18)13-15-6-2-4-8-19(15)20/h1-13H/p+1. The van der Waals surface area contributed by atoms with Crippen LogP contribution in [0.15, 0.2) is 78.9 Å². The van der Waals surface area contributed by atoms with Gasteiger partial charge in [-0.05, 0) is 30.3 Å². The smallest absolute Gasteiger partial charge is 0.219 e. The molecule has 0 unspecified atom stereocenters. The van der Waals surface area contributed by atoms with E-state index in [1.165, 1.54) is 10.8 Å². The summed E-state index contributed by atoms with van der Waals surface area (Å²) in [5, 5.41) is 11.9. The fourth-order valence-electron chi connectivity index (χ4n) is 2.80. The van der Waals surface area contributed by atoms with Crippen molar-refractivity contribution in [3.63, 3.8) is 0 Å². The van der Waals surface area contributed by atoms with E-state index < -0.39 is 0 Å². The molecule has 0 saturated heterocycles. The fourth-order valence-corrected chi connectivity index (χ4v) is 2.80. The van der Waals surface area contributed by atoms with Gasteiger partial charge in [0, 0.05) is 35.0 Å². The molecule has 0 saturated carbocycles. The van der Waals surface area contributed by atoms with Gasteiger partial charge in [0.05, 0.1) is 0 Å². The molecule has 2 heteroatoms. The van der Waals surface area contributed by atoms with Crippen LogP contribution in [0.5, 0.6) is 5.75 Å². The van der Waals surface area contributed by atoms with Crippen molar-refractivity contribution >= 4 is 21.8 Å². The largest absolute Gasteiger partial charge is 0.508 e. The molecule has 0 fully saturated rings. The zero-order valence-corrected chi connectivity index (χ0v) is 11.4. The van der Waals surface area contributed by atoms with E-state index in [1.54, 1.807) is 12.1 Å². The Morgan fingerprint density at radius 3 is 1.71 bits per heavy atom. The molecule has 0 amide bonds. The second-order valence-corrected chi connectivity index (χ2v) is 5.11. The lowest BCUT2D eigenvalue weighted by atomic mass is 10.1. The zero-order chi connectivity index (χ0) is 14.2. The Morgan fingerprint density at radius 2 is 1.14 bits per heavy atom. The number of para-hydroxylation sites is 2. The normalized spacial score (nSPS) is 11.0. The maximum atomic E-state index is 9.52. The van der Waals surface area contributed by atoms with Crippen LogP contribution in [0.2, 0.25) is 0 Å². The molecule has 0 aliphatic carbocycles. The first-order chi connectivity index (χ1) is 10.3. The Bertz CT molecular complexity index is 888. The van der Waals surface area contributed by atoms with Crippen LogP contribution >= 0.6 is 0 Å². The number of benzene rings is 3. The molecule has 0 spiro atoms. The summed E-state index contributed by atoms with van der Waals surface area (Å²) in [6.45, 7) is 0. The summed E-state index contributed by atoms with van der Waals surface area (Å²) in [5.41, 5.74) is 3.35. The van der Waals surface area contributed by atoms with Crippen molar-refractivity contribution in [2.75, 3.05) is 0 Å². The second-order valence-electron chi connectivity index (χ2n) is 5.11. The minimum absolute atomic E-state index is 0.281. The summed E-state index contributed by atoms with van der Waals surface area (Å²) in [5.74, 6) is 0.281. The van der Waals surface area contributed by atoms with Crippen molar-refractivity contribution in [2.45, 2.75) is 0 Å². The van der Waals surface area contributed by atoms with E-state index in [2.05, 4.69) is 47.0 Å². The van der Waals surface area contributed by atoms with Crippen LogP contribution in [-0.2, 0) is 0 Å². The van der Waals surface area contributed by atoms with Gasteiger partial charge < -0.3 is 5.11 Å². The van der Waals surface area contributed by atoms with Crippen LogP contribution < -0.4 is 4.57 Å². The molecule has 4 aromatic rings. The van der Waals surface area contributed by atoms with Crippen LogP contribution in [0.1, 0.15) is 0 Å². The highest BCUT2D eigenvalue weighted by Crippen LogP contribution is 2.20. The van der Waals surface area contributed by atoms with Gasteiger partial charge in [-0.15, -0.1) is 0 Å². The Morgan fingerprint density at radius 1 is 0.619 bits per heavy atom. The zero-order valence-electron chi connectivity index (χ0n) is 11.4. The van der Waals surface area contributed by atoms with E-state index in [0.29, 0.717) is 0 Å². The molecule has 0 radical (unpaired) electrons. The quantitative estimate of drug-likeness (QED) is 0.411. The summed E-state index contributed by atoms with van der Waals surface area (Å²) < 4.78 is 2.23. The first-order valence-corrected chi connectivity index (χ1v) is 6.95. The molecular weight excluding hydrogens is 258 g/mol. The lowest BCUT2D eigenvalue weighted by Crippen LogP contribution is -2.32. The topological polar surface area (TPSA) is 24.1 Å². The highest BCUT2D eigenvalue weighted by molar-refractivity contribution is 5.89. The Balaban J connectivity index is 2.18. The third-order valence-corrected chi connectivity index (χ3v) is 3.77. The number of hydrogen-bond acceptors (Lipinski definition) is 1.